The summed E-state index contributed by atoms with van der Waals surface area (Å²) >= 11 is 3.97. The number of rotatable bonds is 2. The molecule has 47 heavy (non-hydrogen) atoms. The molecule has 7 aromatic carbocycles. The van der Waals surface area contributed by atoms with E-state index in [0.29, 0.717) is 0 Å². The van der Waals surface area contributed by atoms with E-state index in [-0.39, 0.29) is 6.71 Å². The van der Waals surface area contributed by atoms with Crippen molar-refractivity contribution >= 4 is 120 Å². The number of fused-ring (bicyclic) bond motifs is 12. The SMILES string of the molecule is c1ccc(N2c3cccc4c3B(c3sc5c(ccc6ccccc65)c32)c2sc3c(ccc5ccccc53)c2N4c2ccccc2)cc1. The van der Waals surface area contributed by atoms with Crippen LogP contribution < -0.4 is 24.8 Å². The summed E-state index contributed by atoms with van der Waals surface area (Å²) in [5, 5.41) is 7.87. The standard InChI is InChI=1S/C42H25BN2S2/c1-3-14-28(15-4-1)44-34-20-11-21-35-36(34)43(41-37(44)32-24-22-26-12-7-9-18-30(26)39(32)46-41)42-38(45(35)29-16-5-2-6-17-29)33-25-23-27-13-8-10-19-31(27)40(33)47-42/h1-25H. The molecule has 0 N–H and O–H groups in total. The number of anilines is 6. The quantitative estimate of drug-likeness (QED) is 0.175. The maximum Gasteiger partial charge on any atom is 0.277 e. The lowest BCUT2D eigenvalue weighted by molar-refractivity contribution is 1.28. The first-order valence-corrected chi connectivity index (χ1v) is 17.7. The highest BCUT2D eigenvalue weighted by molar-refractivity contribution is 7.41. The molecule has 2 nitrogen and oxygen atoms in total. The third-order valence-corrected chi connectivity index (χ3v) is 12.6. The second-order valence-electron chi connectivity index (χ2n) is 12.4. The summed E-state index contributed by atoms with van der Waals surface area (Å²) in [5.41, 5.74) is 8.91. The first-order chi connectivity index (χ1) is 23.3. The maximum absolute atomic E-state index is 2.54. The van der Waals surface area contributed by atoms with Crippen LogP contribution in [0.5, 0.6) is 0 Å². The molecule has 0 fully saturated rings. The highest BCUT2D eigenvalue weighted by Gasteiger charge is 2.46. The molecular weight excluding hydrogens is 607 g/mol. The van der Waals surface area contributed by atoms with Crippen molar-refractivity contribution in [1.29, 1.82) is 0 Å². The van der Waals surface area contributed by atoms with Crippen molar-refractivity contribution in [1.82, 2.24) is 0 Å². The van der Waals surface area contributed by atoms with Gasteiger partial charge in [0.2, 0.25) is 0 Å². The summed E-state index contributed by atoms with van der Waals surface area (Å²) in [7, 11) is 0. The Labute approximate surface area is 280 Å². The molecule has 2 aliphatic rings. The van der Waals surface area contributed by atoms with Crippen molar-refractivity contribution in [2.75, 3.05) is 9.80 Å². The van der Waals surface area contributed by atoms with Crippen LogP contribution in [0.2, 0.25) is 0 Å². The molecule has 0 atom stereocenters. The predicted molar refractivity (Wildman–Crippen MR) is 206 cm³/mol. The first-order valence-electron chi connectivity index (χ1n) is 16.1. The monoisotopic (exact) mass is 632 g/mol. The third kappa shape index (κ3) is 3.45. The van der Waals surface area contributed by atoms with E-state index in [4.69, 9.17) is 0 Å². The number of hydrogen-bond acceptors (Lipinski definition) is 4. The Bertz CT molecular complexity index is 2530. The molecule has 218 valence electrons. The van der Waals surface area contributed by atoms with Crippen LogP contribution in [0.25, 0.3) is 41.7 Å². The number of benzene rings is 7. The lowest BCUT2D eigenvalue weighted by Gasteiger charge is -2.42. The van der Waals surface area contributed by atoms with Gasteiger partial charge >= 0.3 is 0 Å². The molecule has 9 aromatic rings. The summed E-state index contributed by atoms with van der Waals surface area (Å²) in [4.78, 5) is 5.07. The van der Waals surface area contributed by atoms with Crippen molar-refractivity contribution in [3.05, 3.63) is 152 Å². The molecule has 0 unspecified atom stereocenters. The molecule has 0 saturated heterocycles. The van der Waals surface area contributed by atoms with Gasteiger partial charge in [-0.1, -0.05) is 115 Å². The molecule has 0 saturated carbocycles. The molecule has 0 bridgehead atoms. The van der Waals surface area contributed by atoms with Crippen molar-refractivity contribution in [3.8, 4) is 0 Å². The normalized spacial score (nSPS) is 13.4. The Morgan fingerprint density at radius 1 is 0.383 bits per heavy atom. The average molecular weight is 633 g/mol. The smallest absolute Gasteiger partial charge is 0.277 e. The Morgan fingerprint density at radius 3 is 1.32 bits per heavy atom. The van der Waals surface area contributed by atoms with Crippen molar-refractivity contribution < 1.29 is 0 Å². The van der Waals surface area contributed by atoms with Crippen LogP contribution in [0.1, 0.15) is 0 Å². The molecule has 4 heterocycles. The minimum Gasteiger partial charge on any atom is -0.310 e. The topological polar surface area (TPSA) is 6.48 Å². The van der Waals surface area contributed by atoms with Gasteiger partial charge in [-0.05, 0) is 63.4 Å². The van der Waals surface area contributed by atoms with Gasteiger partial charge in [-0.2, -0.15) is 0 Å². The van der Waals surface area contributed by atoms with Gasteiger partial charge in [0.05, 0.1) is 11.4 Å². The molecule has 5 heteroatoms. The molecule has 2 aromatic heterocycles. The van der Waals surface area contributed by atoms with Crippen LogP contribution in [-0.2, 0) is 0 Å². The summed E-state index contributed by atoms with van der Waals surface area (Å²) in [6.45, 7) is 0.124. The van der Waals surface area contributed by atoms with Crippen molar-refractivity contribution in [2.24, 2.45) is 0 Å². The van der Waals surface area contributed by atoms with Gasteiger partial charge in [0, 0.05) is 52.5 Å². The van der Waals surface area contributed by atoms with E-state index in [1.165, 1.54) is 90.9 Å². The fourth-order valence-electron chi connectivity index (χ4n) is 8.05. The molecule has 2 aliphatic heterocycles. The molecule has 0 amide bonds. The number of hydrogen-bond donors (Lipinski definition) is 0. The summed E-state index contributed by atoms with van der Waals surface area (Å²) in [5.74, 6) is 0. The van der Waals surface area contributed by atoms with E-state index < -0.39 is 0 Å². The molecule has 0 radical (unpaired) electrons. The first kappa shape index (κ1) is 25.8. The summed E-state index contributed by atoms with van der Waals surface area (Å²) in [6.07, 6.45) is 0. The van der Waals surface area contributed by atoms with Gasteiger partial charge in [0.25, 0.3) is 6.71 Å². The van der Waals surface area contributed by atoms with Gasteiger partial charge in [-0.25, -0.2) is 0 Å². The molecular formula is C42H25BN2S2. The second kappa shape index (κ2) is 9.58. The Kier molecular flexibility index (Phi) is 5.26. The molecule has 0 spiro atoms. The average Bonchev–Trinajstić information content (AvgIpc) is 3.72. The molecule has 11 rings (SSSR count). The third-order valence-electron chi connectivity index (χ3n) is 9.99. The highest BCUT2D eigenvalue weighted by Crippen LogP contribution is 2.51. The lowest BCUT2D eigenvalue weighted by Crippen LogP contribution is -2.59. The largest absolute Gasteiger partial charge is 0.310 e. The van der Waals surface area contributed by atoms with E-state index in [2.05, 4.69) is 161 Å². The van der Waals surface area contributed by atoms with Crippen LogP contribution in [0, 0.1) is 0 Å². The summed E-state index contributed by atoms with van der Waals surface area (Å²) < 4.78 is 5.57. The van der Waals surface area contributed by atoms with Gasteiger partial charge in [0.1, 0.15) is 0 Å². The Hall–Kier alpha value is -5.36. The van der Waals surface area contributed by atoms with Crippen molar-refractivity contribution in [3.63, 3.8) is 0 Å². The highest BCUT2D eigenvalue weighted by atomic mass is 32.1. The lowest BCUT2D eigenvalue weighted by atomic mass is 9.39. The zero-order valence-corrected chi connectivity index (χ0v) is 26.9. The minimum absolute atomic E-state index is 0.124. The van der Waals surface area contributed by atoms with E-state index >= 15 is 0 Å². The fourth-order valence-corrected chi connectivity index (χ4v) is 11.0. The molecule has 0 aliphatic carbocycles. The fraction of sp³-hybridized carbons (Fsp3) is 0. The van der Waals surface area contributed by atoms with Crippen LogP contribution in [0.3, 0.4) is 0 Å². The van der Waals surface area contributed by atoms with E-state index in [0.717, 1.165) is 0 Å². The zero-order chi connectivity index (χ0) is 30.6. The number of para-hydroxylation sites is 2. The van der Waals surface area contributed by atoms with Crippen LogP contribution in [-0.4, -0.2) is 6.71 Å². The van der Waals surface area contributed by atoms with Crippen molar-refractivity contribution in [2.45, 2.75) is 0 Å². The van der Waals surface area contributed by atoms with Gasteiger partial charge < -0.3 is 9.80 Å². The maximum atomic E-state index is 2.54. The van der Waals surface area contributed by atoms with Gasteiger partial charge in [-0.15, -0.1) is 22.7 Å². The Morgan fingerprint density at radius 2 is 0.830 bits per heavy atom. The van der Waals surface area contributed by atoms with E-state index in [1.807, 2.05) is 22.7 Å². The minimum atomic E-state index is 0.124. The van der Waals surface area contributed by atoms with Gasteiger partial charge in [-0.3, -0.25) is 0 Å². The van der Waals surface area contributed by atoms with Gasteiger partial charge in [0.15, 0.2) is 0 Å². The summed E-state index contributed by atoms with van der Waals surface area (Å²) in [6, 6.07) is 55.8. The van der Waals surface area contributed by atoms with Crippen LogP contribution in [0.15, 0.2) is 152 Å². The number of thiophene rings is 2. The Balaban J connectivity index is 1.32. The predicted octanol–water partition coefficient (Wildman–Crippen LogP) is 10.5. The second-order valence-corrected chi connectivity index (χ2v) is 14.5. The van der Waals surface area contributed by atoms with E-state index in [9.17, 15) is 0 Å². The van der Waals surface area contributed by atoms with E-state index in [1.54, 1.807) is 0 Å². The number of nitrogens with zero attached hydrogens (tertiary/aromatic N) is 2. The zero-order valence-electron chi connectivity index (χ0n) is 25.2. The van der Waals surface area contributed by atoms with Crippen LogP contribution >= 0.6 is 22.7 Å². The van der Waals surface area contributed by atoms with Crippen LogP contribution in [0.4, 0.5) is 34.1 Å².